The zero-order valence-electron chi connectivity index (χ0n) is 11.5. The van der Waals surface area contributed by atoms with E-state index in [0.29, 0.717) is 19.3 Å². The Morgan fingerprint density at radius 3 is 2.17 bits per heavy atom. The minimum atomic E-state index is -0.160. The molecule has 0 amide bonds. The van der Waals surface area contributed by atoms with E-state index in [4.69, 9.17) is 0 Å². The van der Waals surface area contributed by atoms with Gasteiger partial charge in [-0.05, 0) is 12.0 Å². The van der Waals surface area contributed by atoms with Crippen molar-refractivity contribution in [1.29, 1.82) is 0 Å². The minimum Gasteiger partial charge on any atom is -0.299 e. The summed E-state index contributed by atoms with van der Waals surface area (Å²) in [5.74, 6) is 0.214. The van der Waals surface area contributed by atoms with Crippen molar-refractivity contribution in [3.8, 4) is 0 Å². The van der Waals surface area contributed by atoms with Gasteiger partial charge >= 0.3 is 0 Å². The van der Waals surface area contributed by atoms with Crippen molar-refractivity contribution in [1.82, 2.24) is 0 Å². The molecule has 1 aromatic rings. The molecule has 0 radical (unpaired) electrons. The van der Waals surface area contributed by atoms with E-state index in [1.807, 2.05) is 51.1 Å². The van der Waals surface area contributed by atoms with E-state index >= 15 is 0 Å². The molecule has 0 aromatic heterocycles. The highest BCUT2D eigenvalue weighted by Gasteiger charge is 2.22. The molecule has 0 saturated carbocycles. The molecular weight excluding hydrogens is 224 g/mol. The number of Topliss-reactive ketones (excluding diaryl/α,β-unsaturated/α-hetero) is 2. The summed E-state index contributed by atoms with van der Waals surface area (Å²) in [5.41, 5.74) is 1.13. The molecule has 0 fully saturated rings. The highest BCUT2D eigenvalue weighted by Crippen LogP contribution is 2.17. The van der Waals surface area contributed by atoms with Crippen molar-refractivity contribution in [3.63, 3.8) is 0 Å². The Labute approximate surface area is 109 Å². The number of hydrogen-bond donors (Lipinski definition) is 0. The molecule has 0 unspecified atom stereocenters. The molecule has 2 nitrogen and oxygen atoms in total. The number of carbonyl (C=O) groups is 2. The SMILES string of the molecule is CCC(=O)[C@@H](CC(=O)C(C)C)Cc1ccccc1. The second-order valence-electron chi connectivity index (χ2n) is 5.03. The summed E-state index contributed by atoms with van der Waals surface area (Å²) in [4.78, 5) is 23.7. The molecule has 98 valence electrons. The van der Waals surface area contributed by atoms with Crippen LogP contribution in [0.4, 0.5) is 0 Å². The van der Waals surface area contributed by atoms with E-state index in [1.165, 1.54) is 0 Å². The zero-order chi connectivity index (χ0) is 13.5. The first-order valence-electron chi connectivity index (χ1n) is 6.64. The predicted molar refractivity (Wildman–Crippen MR) is 73.4 cm³/mol. The molecule has 0 spiro atoms. The van der Waals surface area contributed by atoms with Crippen molar-refractivity contribution in [3.05, 3.63) is 35.9 Å². The summed E-state index contributed by atoms with van der Waals surface area (Å²) >= 11 is 0. The van der Waals surface area contributed by atoms with Crippen molar-refractivity contribution in [2.75, 3.05) is 0 Å². The molecule has 2 heteroatoms. The van der Waals surface area contributed by atoms with Crippen LogP contribution in [0.5, 0.6) is 0 Å². The lowest BCUT2D eigenvalue weighted by molar-refractivity contribution is -0.129. The highest BCUT2D eigenvalue weighted by atomic mass is 16.1. The molecule has 0 bridgehead atoms. The maximum Gasteiger partial charge on any atom is 0.136 e. The normalized spacial score (nSPS) is 12.4. The highest BCUT2D eigenvalue weighted by molar-refractivity contribution is 5.88. The molecule has 0 heterocycles. The molecule has 1 rings (SSSR count). The van der Waals surface area contributed by atoms with E-state index in [2.05, 4.69) is 0 Å². The van der Waals surface area contributed by atoms with Gasteiger partial charge in [0.2, 0.25) is 0 Å². The van der Waals surface area contributed by atoms with Gasteiger partial charge in [0.05, 0.1) is 0 Å². The maximum absolute atomic E-state index is 11.9. The summed E-state index contributed by atoms with van der Waals surface area (Å²) in [6.45, 7) is 5.64. The first-order chi connectivity index (χ1) is 8.54. The van der Waals surface area contributed by atoms with Crippen molar-refractivity contribution in [2.45, 2.75) is 40.0 Å². The van der Waals surface area contributed by atoms with E-state index in [9.17, 15) is 9.59 Å². The smallest absolute Gasteiger partial charge is 0.136 e. The Kier molecular flexibility index (Phi) is 5.76. The van der Waals surface area contributed by atoms with Crippen LogP contribution in [0.2, 0.25) is 0 Å². The summed E-state index contributed by atoms with van der Waals surface area (Å²) in [7, 11) is 0. The minimum absolute atomic E-state index is 0.00734. The lowest BCUT2D eigenvalue weighted by Crippen LogP contribution is -2.22. The summed E-state index contributed by atoms with van der Waals surface area (Å²) in [5, 5.41) is 0. The Balaban J connectivity index is 2.73. The Hall–Kier alpha value is -1.44. The van der Waals surface area contributed by atoms with Gasteiger partial charge in [-0.2, -0.15) is 0 Å². The molecule has 1 aromatic carbocycles. The van der Waals surface area contributed by atoms with Crippen LogP contribution in [0, 0.1) is 11.8 Å². The van der Waals surface area contributed by atoms with Gasteiger partial charge in [0.25, 0.3) is 0 Å². The maximum atomic E-state index is 11.9. The monoisotopic (exact) mass is 246 g/mol. The number of rotatable bonds is 7. The first kappa shape index (κ1) is 14.6. The topological polar surface area (TPSA) is 34.1 Å². The third kappa shape index (κ3) is 4.44. The van der Waals surface area contributed by atoms with Crippen LogP contribution in [-0.4, -0.2) is 11.6 Å². The second kappa shape index (κ2) is 7.10. The standard InChI is InChI=1S/C16H22O2/c1-4-15(17)14(11-16(18)12(2)3)10-13-8-6-5-7-9-13/h5-9,12,14H,4,10-11H2,1-3H3/t14-/m1/s1. The average molecular weight is 246 g/mol. The lowest BCUT2D eigenvalue weighted by Gasteiger charge is -2.15. The second-order valence-corrected chi connectivity index (χ2v) is 5.03. The third-order valence-electron chi connectivity index (χ3n) is 3.22. The van der Waals surface area contributed by atoms with E-state index in [-0.39, 0.29) is 23.4 Å². The number of carbonyl (C=O) groups excluding carboxylic acids is 2. The van der Waals surface area contributed by atoms with Gasteiger partial charge in [-0.25, -0.2) is 0 Å². The number of hydrogen-bond acceptors (Lipinski definition) is 2. The van der Waals surface area contributed by atoms with Gasteiger partial charge in [0.15, 0.2) is 0 Å². The quantitative estimate of drug-likeness (QED) is 0.738. The predicted octanol–water partition coefficient (Wildman–Crippen LogP) is 3.44. The van der Waals surface area contributed by atoms with Crippen molar-refractivity contribution >= 4 is 11.6 Å². The van der Waals surface area contributed by atoms with E-state index < -0.39 is 0 Å². The Morgan fingerprint density at radius 1 is 1.06 bits per heavy atom. The molecule has 0 aliphatic rings. The molecule has 1 atom stereocenters. The summed E-state index contributed by atoms with van der Waals surface area (Å²) in [6, 6.07) is 9.91. The van der Waals surface area contributed by atoms with E-state index in [0.717, 1.165) is 5.56 Å². The molecule has 0 aliphatic heterocycles. The van der Waals surface area contributed by atoms with Crippen LogP contribution in [0.1, 0.15) is 39.2 Å². The van der Waals surface area contributed by atoms with Gasteiger partial charge in [0, 0.05) is 24.7 Å². The molecule has 0 aliphatic carbocycles. The fourth-order valence-electron chi connectivity index (χ4n) is 1.97. The molecular formula is C16H22O2. The Bertz CT molecular complexity index is 393. The lowest BCUT2D eigenvalue weighted by atomic mass is 9.87. The van der Waals surface area contributed by atoms with Crippen molar-refractivity contribution < 1.29 is 9.59 Å². The first-order valence-corrected chi connectivity index (χ1v) is 6.64. The summed E-state index contributed by atoms with van der Waals surface area (Å²) in [6.07, 6.45) is 1.55. The van der Waals surface area contributed by atoms with Crippen LogP contribution < -0.4 is 0 Å². The van der Waals surface area contributed by atoms with Gasteiger partial charge in [-0.15, -0.1) is 0 Å². The summed E-state index contributed by atoms with van der Waals surface area (Å²) < 4.78 is 0. The van der Waals surface area contributed by atoms with Gasteiger partial charge in [-0.1, -0.05) is 51.1 Å². The zero-order valence-corrected chi connectivity index (χ0v) is 11.5. The fourth-order valence-corrected chi connectivity index (χ4v) is 1.97. The van der Waals surface area contributed by atoms with Crippen molar-refractivity contribution in [2.24, 2.45) is 11.8 Å². The Morgan fingerprint density at radius 2 is 1.67 bits per heavy atom. The van der Waals surface area contributed by atoms with E-state index in [1.54, 1.807) is 0 Å². The molecule has 0 N–H and O–H groups in total. The van der Waals surface area contributed by atoms with Crippen LogP contribution in [0.25, 0.3) is 0 Å². The van der Waals surface area contributed by atoms with Gasteiger partial charge < -0.3 is 0 Å². The largest absolute Gasteiger partial charge is 0.299 e. The number of benzene rings is 1. The number of ketones is 2. The molecule has 18 heavy (non-hydrogen) atoms. The van der Waals surface area contributed by atoms with Crippen LogP contribution >= 0.6 is 0 Å². The van der Waals surface area contributed by atoms with Gasteiger partial charge in [0.1, 0.15) is 11.6 Å². The average Bonchev–Trinajstić information content (AvgIpc) is 2.38. The molecule has 0 saturated heterocycles. The fraction of sp³-hybridized carbons (Fsp3) is 0.500. The third-order valence-corrected chi connectivity index (χ3v) is 3.22. The van der Waals surface area contributed by atoms with Crippen LogP contribution in [-0.2, 0) is 16.0 Å². The van der Waals surface area contributed by atoms with Crippen LogP contribution in [0.3, 0.4) is 0 Å². The van der Waals surface area contributed by atoms with Crippen LogP contribution in [0.15, 0.2) is 30.3 Å². The van der Waals surface area contributed by atoms with Gasteiger partial charge in [-0.3, -0.25) is 9.59 Å².